The molecular formula is C71H95N15O19. The van der Waals surface area contributed by atoms with Crippen LogP contribution in [0.4, 0.5) is 32.3 Å². The number of likely N-dealkylation sites (N-methyl/N-ethyl adjacent to an activating group) is 1. The highest BCUT2D eigenvalue weighted by atomic mass is 16.6. The van der Waals surface area contributed by atoms with Gasteiger partial charge in [0.15, 0.2) is 0 Å². The first-order valence-electron chi connectivity index (χ1n) is 34.0. The second-order valence-corrected chi connectivity index (χ2v) is 26.8. The van der Waals surface area contributed by atoms with Crippen molar-refractivity contribution in [1.29, 1.82) is 0 Å². The van der Waals surface area contributed by atoms with E-state index in [-0.39, 0.29) is 50.1 Å². The second kappa shape index (κ2) is 40.3. The van der Waals surface area contributed by atoms with Gasteiger partial charge < -0.3 is 77.4 Å². The SMILES string of the molecule is CCN(CCN(CC(=O)NCC(=O)N[C@@H](C)C(=O)N[C@@H](CCC(=O)OCCC(=O)NC[C@@H](NC(=O)[C@H](CC(C)C)NC(=O)OC(C)(C)C)C(=O)N[C@@H](C)C(=O)NCC(=O)NCC(N)=O)C(=O)OC(C)(C)C)C(=O)OCC1c2ccccc2-c2ccccc21)c1ccc(N=Nc2ccc([N+](=O)[O-])cc2)cc1. The maximum absolute atomic E-state index is 14.1. The van der Waals surface area contributed by atoms with Gasteiger partial charge in [0.25, 0.3) is 5.69 Å². The number of nitrogens with one attached hydrogen (secondary N) is 9. The Kier molecular flexibility index (Phi) is 32.3. The molecule has 11 amide bonds. The minimum absolute atomic E-state index is 0.0219. The Bertz CT molecular complexity index is 3740. The average Bonchev–Trinajstić information content (AvgIpc) is 1.62. The minimum atomic E-state index is -1.60. The lowest BCUT2D eigenvalue weighted by molar-refractivity contribution is -0.384. The maximum atomic E-state index is 14.1. The predicted molar refractivity (Wildman–Crippen MR) is 382 cm³/mol. The fourth-order valence-electron chi connectivity index (χ4n) is 10.3. The van der Waals surface area contributed by atoms with E-state index in [4.69, 9.17) is 24.7 Å². The van der Waals surface area contributed by atoms with Gasteiger partial charge in [-0.3, -0.25) is 63.0 Å². The highest BCUT2D eigenvalue weighted by Crippen LogP contribution is 2.44. The van der Waals surface area contributed by atoms with Crippen molar-refractivity contribution in [2.75, 3.05) is 70.5 Å². The van der Waals surface area contributed by atoms with E-state index in [1.54, 1.807) is 79.7 Å². The number of nitrogens with two attached hydrogens (primary N) is 1. The highest BCUT2D eigenvalue weighted by Gasteiger charge is 2.34. The third kappa shape index (κ3) is 29.3. The summed E-state index contributed by atoms with van der Waals surface area (Å²) in [5, 5.41) is 41.2. The summed E-state index contributed by atoms with van der Waals surface area (Å²) >= 11 is 0. The number of benzene rings is 4. The molecule has 34 nitrogen and oxygen atoms in total. The normalized spacial score (nSPS) is 13.1. The Morgan fingerprint density at radius 1 is 0.571 bits per heavy atom. The lowest BCUT2D eigenvalue weighted by atomic mass is 9.98. The van der Waals surface area contributed by atoms with Gasteiger partial charge in [-0.2, -0.15) is 10.2 Å². The van der Waals surface area contributed by atoms with Gasteiger partial charge in [0.2, 0.25) is 53.2 Å². The van der Waals surface area contributed by atoms with Crippen LogP contribution in [0.15, 0.2) is 107 Å². The third-order valence-electron chi connectivity index (χ3n) is 15.4. The summed E-state index contributed by atoms with van der Waals surface area (Å²) in [7, 11) is 0. The third-order valence-corrected chi connectivity index (χ3v) is 15.4. The van der Waals surface area contributed by atoms with Gasteiger partial charge >= 0.3 is 24.1 Å². The standard InChI is InChI=1S/C71H95N15O19/c1-12-84(47-25-21-45(22-26-47)82-83-46-23-27-48(28-24-46)86(100)101)32-33-85(69(99)103-41-53-51-19-15-13-17-49(51)50-18-14-16-20-52(50)53)40-61(91)75-39-60(90)77-44(5)64(94)79-54(67(97)104-70(6,7)8)29-30-62(92)102-34-31-58(88)73-36-56(66(96)78-43(4)63(93)76-38-59(89)74-37-57(72)87)80-65(95)55(35-42(2)3)81-68(98)105-71(9,10)11/h13-28,42-44,53-56H,12,29-41H2,1-11H3,(H2,72,87)(H,73,88)(H,74,89)(H,75,91)(H,76,93)(H,77,90)(H,78,96)(H,79,94)(H,80,95)(H,81,98)/t43-,44-,54-,55-,56+/m0/s1. The molecule has 0 saturated carbocycles. The van der Waals surface area contributed by atoms with Gasteiger partial charge in [-0.05, 0) is 140 Å². The molecule has 0 saturated heterocycles. The van der Waals surface area contributed by atoms with Gasteiger partial charge in [0.05, 0.1) is 42.4 Å². The van der Waals surface area contributed by atoms with E-state index in [0.29, 0.717) is 17.9 Å². The van der Waals surface area contributed by atoms with Crippen LogP contribution in [-0.2, 0) is 71.7 Å². The van der Waals surface area contributed by atoms with Crippen molar-refractivity contribution < 1.29 is 86.2 Å². The molecule has 0 spiro atoms. The number of rotatable bonds is 38. The number of alkyl carbamates (subject to hydrolysis) is 1. The molecular weight excluding hydrogens is 1370 g/mol. The van der Waals surface area contributed by atoms with Gasteiger partial charge in [-0.15, -0.1) is 0 Å². The Morgan fingerprint density at radius 3 is 1.70 bits per heavy atom. The van der Waals surface area contributed by atoms with Crippen LogP contribution < -0.4 is 58.5 Å². The second-order valence-electron chi connectivity index (χ2n) is 26.8. The summed E-state index contributed by atoms with van der Waals surface area (Å²) in [5.41, 5.74) is 8.55. The molecule has 0 fully saturated rings. The molecule has 105 heavy (non-hydrogen) atoms. The molecule has 0 bridgehead atoms. The molecule has 568 valence electrons. The molecule has 4 aromatic carbocycles. The van der Waals surface area contributed by atoms with E-state index in [2.05, 4.69) is 58.1 Å². The van der Waals surface area contributed by atoms with Crippen molar-refractivity contribution in [3.05, 3.63) is 118 Å². The molecule has 34 heteroatoms. The van der Waals surface area contributed by atoms with E-state index in [0.717, 1.165) is 27.9 Å². The van der Waals surface area contributed by atoms with Crippen LogP contribution in [0.25, 0.3) is 11.1 Å². The van der Waals surface area contributed by atoms with E-state index in [1.807, 2.05) is 60.4 Å². The van der Waals surface area contributed by atoms with Crippen molar-refractivity contribution in [2.45, 2.75) is 149 Å². The summed E-state index contributed by atoms with van der Waals surface area (Å²) in [6.07, 6.45) is -3.05. The van der Waals surface area contributed by atoms with E-state index in [1.165, 1.54) is 43.0 Å². The molecule has 11 N–H and O–H groups in total. The number of carbonyl (C=O) groups excluding carboxylic acids is 13. The number of non-ortho nitro benzene ring substituents is 1. The van der Waals surface area contributed by atoms with Crippen LogP contribution in [0.2, 0.25) is 0 Å². The maximum Gasteiger partial charge on any atom is 0.410 e. The van der Waals surface area contributed by atoms with Crippen LogP contribution in [0.5, 0.6) is 0 Å². The van der Waals surface area contributed by atoms with Gasteiger partial charge in [-0.25, -0.2) is 14.4 Å². The Hall–Kier alpha value is -11.6. The first-order chi connectivity index (χ1) is 49.5. The number of azo groups is 1. The zero-order chi connectivity index (χ0) is 77.7. The molecule has 0 aliphatic heterocycles. The molecule has 0 aromatic heterocycles. The summed E-state index contributed by atoms with van der Waals surface area (Å²) in [4.78, 5) is 185. The van der Waals surface area contributed by atoms with Gasteiger partial charge in [0.1, 0.15) is 61.2 Å². The number of nitro groups is 1. The quantitative estimate of drug-likeness (QED) is 0.00996. The summed E-state index contributed by atoms with van der Waals surface area (Å²) < 4.78 is 22.1. The van der Waals surface area contributed by atoms with Crippen molar-refractivity contribution in [1.82, 2.24) is 52.8 Å². The molecule has 5 atom stereocenters. The van der Waals surface area contributed by atoms with Crippen molar-refractivity contribution in [3.8, 4) is 11.1 Å². The molecule has 1 aliphatic carbocycles. The minimum Gasteiger partial charge on any atom is -0.465 e. The first-order valence-corrected chi connectivity index (χ1v) is 34.0. The zero-order valence-electron chi connectivity index (χ0n) is 60.7. The summed E-state index contributed by atoms with van der Waals surface area (Å²) in [6, 6.07) is 21.2. The lowest BCUT2D eigenvalue weighted by Crippen LogP contribution is -2.59. The van der Waals surface area contributed by atoms with Crippen LogP contribution in [0, 0.1) is 16.0 Å². The topological polar surface area (TPSA) is 467 Å². The van der Waals surface area contributed by atoms with Crippen molar-refractivity contribution in [3.63, 3.8) is 0 Å². The number of carbonyl (C=O) groups is 13. The molecule has 1 aliphatic rings. The fourth-order valence-corrected chi connectivity index (χ4v) is 10.3. The summed E-state index contributed by atoms with van der Waals surface area (Å²) in [6.45, 7) is 14.8. The van der Waals surface area contributed by atoms with E-state index < -0.39 is 176 Å². The number of nitro benzene ring substituents is 1. The number of hydrogen-bond acceptors (Lipinski definition) is 22. The smallest absolute Gasteiger partial charge is 0.410 e. The van der Waals surface area contributed by atoms with Crippen LogP contribution in [0.1, 0.15) is 119 Å². The molecule has 0 unspecified atom stereocenters. The number of nitrogens with zero attached hydrogens (tertiary/aromatic N) is 5. The van der Waals surface area contributed by atoms with E-state index in [9.17, 15) is 72.4 Å². The Morgan fingerprint density at radius 2 is 1.12 bits per heavy atom. The fraction of sp³-hybridized carbons (Fsp3) is 0.479. The molecule has 0 heterocycles. The summed E-state index contributed by atoms with van der Waals surface area (Å²) in [5.74, 6) is -9.90. The first kappa shape index (κ1) is 84.0. The van der Waals surface area contributed by atoms with Gasteiger partial charge in [-0.1, -0.05) is 62.4 Å². The van der Waals surface area contributed by atoms with E-state index >= 15 is 0 Å². The average molecular weight is 1460 g/mol. The number of anilines is 1. The largest absolute Gasteiger partial charge is 0.465 e. The molecule has 0 radical (unpaired) electrons. The zero-order valence-corrected chi connectivity index (χ0v) is 60.7. The van der Waals surface area contributed by atoms with Gasteiger partial charge in [0, 0.05) is 56.3 Å². The Balaban J connectivity index is 1.17. The number of primary amides is 1. The van der Waals surface area contributed by atoms with Crippen molar-refractivity contribution >= 4 is 100 Å². The Labute approximate surface area is 607 Å². The van der Waals surface area contributed by atoms with Crippen LogP contribution in [-0.4, -0.2) is 194 Å². The number of fused-ring (bicyclic) bond motifs is 3. The van der Waals surface area contributed by atoms with Crippen LogP contribution >= 0.6 is 0 Å². The number of hydrogen-bond donors (Lipinski definition) is 10. The number of esters is 2. The molecule has 4 aromatic rings. The predicted octanol–water partition coefficient (Wildman–Crippen LogP) is 4.01. The molecule has 5 rings (SSSR count). The monoisotopic (exact) mass is 1460 g/mol. The lowest BCUT2D eigenvalue weighted by Gasteiger charge is -2.28. The number of ether oxygens (including phenoxy) is 4. The van der Waals surface area contributed by atoms with Crippen LogP contribution in [0.3, 0.4) is 0 Å². The highest BCUT2D eigenvalue weighted by molar-refractivity contribution is 5.96. The number of amides is 11. The van der Waals surface area contributed by atoms with Crippen molar-refractivity contribution in [2.24, 2.45) is 21.9 Å².